The lowest BCUT2D eigenvalue weighted by Crippen LogP contribution is -2.50. The Kier molecular flexibility index (Phi) is 5.56. The van der Waals surface area contributed by atoms with Gasteiger partial charge in [0.1, 0.15) is 0 Å². The minimum absolute atomic E-state index is 0.0188. The zero-order chi connectivity index (χ0) is 14.5. The Bertz CT molecular complexity index is 326. The average molecular weight is 274 g/mol. The van der Waals surface area contributed by atoms with Crippen molar-refractivity contribution in [2.45, 2.75) is 50.9 Å². The summed E-state index contributed by atoms with van der Waals surface area (Å²) in [6.45, 7) is 3.81. The van der Waals surface area contributed by atoms with Crippen LogP contribution in [0.15, 0.2) is 0 Å². The van der Waals surface area contributed by atoms with Gasteiger partial charge in [0.2, 0.25) is 0 Å². The first-order chi connectivity index (χ1) is 8.80. The summed E-state index contributed by atoms with van der Waals surface area (Å²) in [6.07, 6.45) is 1.50. The van der Waals surface area contributed by atoms with Gasteiger partial charge in [0.15, 0.2) is 0 Å². The van der Waals surface area contributed by atoms with Crippen molar-refractivity contribution in [1.29, 1.82) is 0 Å². The van der Waals surface area contributed by atoms with Crippen LogP contribution in [0.2, 0.25) is 0 Å². The molecule has 7 nitrogen and oxygen atoms in total. The number of rotatable bonds is 6. The van der Waals surface area contributed by atoms with Crippen LogP contribution in [0.4, 0.5) is 4.79 Å². The Morgan fingerprint density at radius 1 is 1.53 bits per heavy atom. The zero-order valence-corrected chi connectivity index (χ0v) is 11.3. The number of carbonyl (C=O) groups excluding carboxylic acids is 1. The fourth-order valence-electron chi connectivity index (χ4n) is 2.01. The summed E-state index contributed by atoms with van der Waals surface area (Å²) in [4.78, 5) is 22.1. The van der Waals surface area contributed by atoms with Crippen LogP contribution in [-0.4, -0.2) is 53.1 Å². The van der Waals surface area contributed by atoms with Gasteiger partial charge in [-0.1, -0.05) is 0 Å². The van der Waals surface area contributed by atoms with Gasteiger partial charge in [-0.3, -0.25) is 4.79 Å². The molecular formula is C12H22N2O5. The molecule has 1 fully saturated rings. The Hall–Kier alpha value is -1.34. The van der Waals surface area contributed by atoms with Crippen molar-refractivity contribution in [3.63, 3.8) is 0 Å². The summed E-state index contributed by atoms with van der Waals surface area (Å²) in [7, 11) is 0. The Labute approximate surface area is 112 Å². The van der Waals surface area contributed by atoms with Crippen molar-refractivity contribution in [2.24, 2.45) is 0 Å². The van der Waals surface area contributed by atoms with E-state index in [-0.39, 0.29) is 18.7 Å². The largest absolute Gasteiger partial charge is 0.481 e. The Morgan fingerprint density at radius 2 is 2.21 bits per heavy atom. The minimum Gasteiger partial charge on any atom is -0.481 e. The molecule has 0 saturated carbocycles. The predicted molar refractivity (Wildman–Crippen MR) is 67.8 cm³/mol. The maximum absolute atomic E-state index is 11.6. The van der Waals surface area contributed by atoms with Crippen LogP contribution in [0.5, 0.6) is 0 Å². The van der Waals surface area contributed by atoms with Gasteiger partial charge < -0.3 is 25.6 Å². The monoisotopic (exact) mass is 274 g/mol. The van der Waals surface area contributed by atoms with Crippen LogP contribution in [0.3, 0.4) is 0 Å². The van der Waals surface area contributed by atoms with Crippen LogP contribution in [0.1, 0.15) is 33.1 Å². The molecule has 0 bridgehead atoms. The molecule has 0 aromatic rings. The number of carbonyl (C=O) groups is 2. The molecule has 1 aliphatic heterocycles. The average Bonchev–Trinajstić information content (AvgIpc) is 2.78. The SMILES string of the molecule is CC(NC(=O)NCC(C)(O)CC(=O)O)C1CCCO1. The topological polar surface area (TPSA) is 108 Å². The number of nitrogens with one attached hydrogen (secondary N) is 2. The standard InChI is InChI=1S/C12H22N2O5/c1-8(9-4-3-5-19-9)14-11(17)13-7-12(2,18)6-10(15)16/h8-9,18H,3-7H2,1-2H3,(H,15,16)(H2,13,14,17). The van der Waals surface area contributed by atoms with Gasteiger partial charge in [-0.05, 0) is 26.7 Å². The van der Waals surface area contributed by atoms with Gasteiger partial charge in [0, 0.05) is 13.2 Å². The second kappa shape index (κ2) is 6.72. The quantitative estimate of drug-likeness (QED) is 0.548. The van der Waals surface area contributed by atoms with Crippen molar-refractivity contribution in [3.8, 4) is 0 Å². The zero-order valence-electron chi connectivity index (χ0n) is 11.3. The van der Waals surface area contributed by atoms with Crippen molar-refractivity contribution < 1.29 is 24.5 Å². The molecule has 4 N–H and O–H groups in total. The first-order valence-electron chi connectivity index (χ1n) is 6.40. The van der Waals surface area contributed by atoms with E-state index in [2.05, 4.69) is 10.6 Å². The summed E-state index contributed by atoms with van der Waals surface area (Å²) in [5.41, 5.74) is -1.46. The van der Waals surface area contributed by atoms with Crippen LogP contribution in [0, 0.1) is 0 Å². The number of hydrogen-bond acceptors (Lipinski definition) is 4. The van der Waals surface area contributed by atoms with Crippen LogP contribution < -0.4 is 10.6 Å². The summed E-state index contributed by atoms with van der Waals surface area (Å²) in [5.74, 6) is -1.11. The van der Waals surface area contributed by atoms with Gasteiger partial charge in [-0.2, -0.15) is 0 Å². The molecule has 3 atom stereocenters. The van der Waals surface area contributed by atoms with Crippen molar-refractivity contribution >= 4 is 12.0 Å². The van der Waals surface area contributed by atoms with E-state index >= 15 is 0 Å². The molecule has 7 heteroatoms. The highest BCUT2D eigenvalue weighted by molar-refractivity contribution is 5.74. The summed E-state index contributed by atoms with van der Waals surface area (Å²) in [6, 6.07) is -0.555. The number of aliphatic carboxylic acids is 1. The highest BCUT2D eigenvalue weighted by Crippen LogP contribution is 2.15. The van der Waals surface area contributed by atoms with Crippen molar-refractivity contribution in [3.05, 3.63) is 0 Å². The third-order valence-electron chi connectivity index (χ3n) is 3.04. The molecule has 0 aliphatic carbocycles. The number of ether oxygens (including phenoxy) is 1. The molecule has 1 saturated heterocycles. The second-order valence-corrected chi connectivity index (χ2v) is 5.23. The maximum Gasteiger partial charge on any atom is 0.315 e. The fraction of sp³-hybridized carbons (Fsp3) is 0.833. The van der Waals surface area contributed by atoms with E-state index in [1.807, 2.05) is 6.92 Å². The predicted octanol–water partition coefficient (Wildman–Crippen LogP) is 0.0788. The van der Waals surface area contributed by atoms with E-state index in [1.165, 1.54) is 6.92 Å². The van der Waals surface area contributed by atoms with E-state index in [4.69, 9.17) is 9.84 Å². The molecule has 0 aromatic heterocycles. The summed E-state index contributed by atoms with van der Waals surface area (Å²) < 4.78 is 5.44. The van der Waals surface area contributed by atoms with Crippen LogP contribution in [-0.2, 0) is 9.53 Å². The maximum atomic E-state index is 11.6. The molecule has 110 valence electrons. The van der Waals surface area contributed by atoms with Gasteiger partial charge in [-0.25, -0.2) is 4.79 Å². The molecule has 1 aliphatic rings. The molecule has 19 heavy (non-hydrogen) atoms. The number of carboxylic acid groups (broad SMARTS) is 1. The van der Waals surface area contributed by atoms with Crippen molar-refractivity contribution in [1.82, 2.24) is 10.6 Å². The molecule has 1 heterocycles. The van der Waals surface area contributed by atoms with Gasteiger partial charge in [-0.15, -0.1) is 0 Å². The van der Waals surface area contributed by atoms with E-state index in [9.17, 15) is 14.7 Å². The number of urea groups is 1. The fourth-order valence-corrected chi connectivity index (χ4v) is 2.01. The Morgan fingerprint density at radius 3 is 2.74 bits per heavy atom. The summed E-state index contributed by atoms with van der Waals surface area (Å²) in [5, 5.41) is 23.5. The number of carboxylic acids is 1. The lowest BCUT2D eigenvalue weighted by molar-refractivity contribution is -0.141. The molecule has 0 radical (unpaired) electrons. The molecular weight excluding hydrogens is 252 g/mol. The summed E-state index contributed by atoms with van der Waals surface area (Å²) >= 11 is 0. The lowest BCUT2D eigenvalue weighted by Gasteiger charge is -2.24. The molecule has 0 aromatic carbocycles. The minimum atomic E-state index is -1.46. The molecule has 2 amide bonds. The number of aliphatic hydroxyl groups is 1. The van der Waals surface area contributed by atoms with E-state index in [0.29, 0.717) is 6.61 Å². The number of hydrogen-bond donors (Lipinski definition) is 4. The highest BCUT2D eigenvalue weighted by atomic mass is 16.5. The lowest BCUT2D eigenvalue weighted by atomic mass is 10.0. The van der Waals surface area contributed by atoms with Crippen LogP contribution >= 0.6 is 0 Å². The van der Waals surface area contributed by atoms with Crippen molar-refractivity contribution in [2.75, 3.05) is 13.2 Å². The van der Waals surface area contributed by atoms with E-state index in [0.717, 1.165) is 12.8 Å². The third-order valence-corrected chi connectivity index (χ3v) is 3.04. The Balaban J connectivity index is 2.28. The van der Waals surface area contributed by atoms with E-state index in [1.54, 1.807) is 0 Å². The van der Waals surface area contributed by atoms with Gasteiger partial charge in [0.05, 0.1) is 24.2 Å². The normalized spacial score (nSPS) is 23.4. The van der Waals surface area contributed by atoms with E-state index < -0.39 is 24.0 Å². The first-order valence-corrected chi connectivity index (χ1v) is 6.40. The molecule has 0 spiro atoms. The smallest absolute Gasteiger partial charge is 0.315 e. The molecule has 1 rings (SSSR count). The first kappa shape index (κ1) is 15.7. The van der Waals surface area contributed by atoms with Gasteiger partial charge in [0.25, 0.3) is 0 Å². The molecule has 3 unspecified atom stereocenters. The van der Waals surface area contributed by atoms with Crippen LogP contribution in [0.25, 0.3) is 0 Å². The number of amides is 2. The second-order valence-electron chi connectivity index (χ2n) is 5.23. The van der Waals surface area contributed by atoms with Gasteiger partial charge >= 0.3 is 12.0 Å². The third kappa shape index (κ3) is 5.89. The highest BCUT2D eigenvalue weighted by Gasteiger charge is 2.26.